The summed E-state index contributed by atoms with van der Waals surface area (Å²) in [6.07, 6.45) is 0. The van der Waals surface area contributed by atoms with Crippen LogP contribution >= 0.6 is 0 Å². The summed E-state index contributed by atoms with van der Waals surface area (Å²) >= 11 is 0. The molecular formula is C35H22N2. The lowest BCUT2D eigenvalue weighted by Gasteiger charge is -2.13. The van der Waals surface area contributed by atoms with Crippen molar-refractivity contribution in [1.82, 2.24) is 9.38 Å². The van der Waals surface area contributed by atoms with Crippen molar-refractivity contribution < 1.29 is 0 Å². The number of hydrogen-bond donors (Lipinski definition) is 0. The van der Waals surface area contributed by atoms with Crippen molar-refractivity contribution in [1.29, 1.82) is 0 Å². The van der Waals surface area contributed by atoms with Crippen LogP contribution in [0.3, 0.4) is 0 Å². The minimum Gasteiger partial charge on any atom is -0.292 e. The second-order valence-electron chi connectivity index (χ2n) is 9.68. The molecule has 8 aromatic rings. The average Bonchev–Trinajstić information content (AvgIpc) is 3.37. The third-order valence-electron chi connectivity index (χ3n) is 7.54. The van der Waals surface area contributed by atoms with Crippen molar-refractivity contribution >= 4 is 49.1 Å². The highest BCUT2D eigenvalue weighted by Gasteiger charge is 2.15. The highest BCUT2D eigenvalue weighted by Crippen LogP contribution is 2.37. The molecule has 0 bridgehead atoms. The molecular weight excluding hydrogens is 448 g/mol. The van der Waals surface area contributed by atoms with E-state index in [2.05, 4.69) is 138 Å². The summed E-state index contributed by atoms with van der Waals surface area (Å²) in [7, 11) is 0. The van der Waals surface area contributed by atoms with Crippen LogP contribution in [-0.2, 0) is 0 Å². The Morgan fingerprint density at radius 3 is 2.00 bits per heavy atom. The molecule has 37 heavy (non-hydrogen) atoms. The zero-order chi connectivity index (χ0) is 24.3. The first-order chi connectivity index (χ1) is 18.3. The van der Waals surface area contributed by atoms with Crippen LogP contribution in [0.25, 0.3) is 71.4 Å². The van der Waals surface area contributed by atoms with E-state index in [9.17, 15) is 0 Å². The van der Waals surface area contributed by atoms with E-state index in [0.717, 1.165) is 16.7 Å². The van der Waals surface area contributed by atoms with Crippen LogP contribution in [0.5, 0.6) is 0 Å². The van der Waals surface area contributed by atoms with Crippen LogP contribution in [-0.4, -0.2) is 9.38 Å². The van der Waals surface area contributed by atoms with Crippen LogP contribution < -0.4 is 0 Å². The van der Waals surface area contributed by atoms with Gasteiger partial charge in [-0.25, -0.2) is 4.98 Å². The minimum atomic E-state index is 0.999. The molecule has 0 saturated carbocycles. The van der Waals surface area contributed by atoms with Gasteiger partial charge in [0, 0.05) is 10.8 Å². The number of fused-ring (bicyclic) bond motifs is 9. The van der Waals surface area contributed by atoms with Gasteiger partial charge in [0.05, 0.1) is 16.6 Å². The lowest BCUT2D eigenvalue weighted by atomic mass is 9.96. The van der Waals surface area contributed by atoms with Crippen LogP contribution in [0.15, 0.2) is 133 Å². The molecule has 6 aromatic carbocycles. The zero-order valence-electron chi connectivity index (χ0n) is 20.1. The van der Waals surface area contributed by atoms with Gasteiger partial charge in [-0.05, 0) is 74.8 Å². The SMILES string of the molecule is c1ccc(-c2ccc3c(c2)c2ccc(-c4ccc5ccccc5c4)cc2c2nc4ccccc4n32)cc1. The number of nitrogens with zero attached hydrogens (tertiary/aromatic N) is 2. The number of pyridine rings is 1. The fourth-order valence-electron chi connectivity index (χ4n) is 5.72. The van der Waals surface area contributed by atoms with E-state index in [1.54, 1.807) is 0 Å². The van der Waals surface area contributed by atoms with Crippen molar-refractivity contribution in [3.05, 3.63) is 133 Å². The topological polar surface area (TPSA) is 17.3 Å². The van der Waals surface area contributed by atoms with E-state index < -0.39 is 0 Å². The Bertz CT molecular complexity index is 2140. The van der Waals surface area contributed by atoms with Gasteiger partial charge in [0.15, 0.2) is 0 Å². The minimum absolute atomic E-state index is 0.999. The third-order valence-corrected chi connectivity index (χ3v) is 7.54. The van der Waals surface area contributed by atoms with Gasteiger partial charge in [-0.2, -0.15) is 0 Å². The molecule has 0 aliphatic rings. The largest absolute Gasteiger partial charge is 0.292 e. The second-order valence-corrected chi connectivity index (χ2v) is 9.68. The quantitative estimate of drug-likeness (QED) is 0.230. The smallest absolute Gasteiger partial charge is 0.146 e. The zero-order valence-corrected chi connectivity index (χ0v) is 20.1. The first kappa shape index (κ1) is 20.3. The van der Waals surface area contributed by atoms with Gasteiger partial charge in [-0.1, -0.05) is 97.1 Å². The molecule has 172 valence electrons. The Balaban J connectivity index is 1.47. The monoisotopic (exact) mass is 470 g/mol. The van der Waals surface area contributed by atoms with Gasteiger partial charge >= 0.3 is 0 Å². The summed E-state index contributed by atoms with van der Waals surface area (Å²) in [5.41, 5.74) is 9.18. The Morgan fingerprint density at radius 1 is 0.405 bits per heavy atom. The molecule has 0 atom stereocenters. The van der Waals surface area contributed by atoms with Gasteiger partial charge in [0.25, 0.3) is 0 Å². The lowest BCUT2D eigenvalue weighted by Crippen LogP contribution is -1.93. The molecule has 2 heterocycles. The first-order valence-corrected chi connectivity index (χ1v) is 12.6. The summed E-state index contributed by atoms with van der Waals surface area (Å²) in [6, 6.07) is 47.9. The van der Waals surface area contributed by atoms with E-state index in [-0.39, 0.29) is 0 Å². The Kier molecular flexibility index (Phi) is 4.26. The molecule has 0 unspecified atom stereocenters. The molecule has 2 nitrogen and oxygen atoms in total. The standard InChI is InChI=1S/C35H22N2/c1-2-8-23(9-3-1)27-17-19-33-30(21-27)29-18-16-28(26-15-14-24-10-4-5-11-25(24)20-26)22-31(29)35-36-32-12-6-7-13-34(32)37(33)35/h1-22H. The molecule has 0 saturated heterocycles. The molecule has 8 rings (SSSR count). The van der Waals surface area contributed by atoms with Crippen molar-refractivity contribution in [3.63, 3.8) is 0 Å². The number of rotatable bonds is 2. The van der Waals surface area contributed by atoms with Crippen LogP contribution in [0.4, 0.5) is 0 Å². The highest BCUT2D eigenvalue weighted by atomic mass is 15.0. The Labute approximate surface area is 214 Å². The Hall–Kier alpha value is -4.95. The Morgan fingerprint density at radius 2 is 1.08 bits per heavy atom. The highest BCUT2D eigenvalue weighted by molar-refractivity contribution is 6.15. The molecule has 0 fully saturated rings. The molecule has 0 aliphatic heterocycles. The predicted molar refractivity (Wildman–Crippen MR) is 156 cm³/mol. The van der Waals surface area contributed by atoms with Gasteiger partial charge in [-0.15, -0.1) is 0 Å². The van der Waals surface area contributed by atoms with E-state index in [1.165, 1.54) is 54.7 Å². The van der Waals surface area contributed by atoms with Gasteiger partial charge in [-0.3, -0.25) is 4.40 Å². The van der Waals surface area contributed by atoms with Crippen molar-refractivity contribution in [2.24, 2.45) is 0 Å². The van der Waals surface area contributed by atoms with Crippen LogP contribution in [0.2, 0.25) is 0 Å². The van der Waals surface area contributed by atoms with Crippen molar-refractivity contribution in [2.75, 3.05) is 0 Å². The number of imidazole rings is 1. The van der Waals surface area contributed by atoms with Gasteiger partial charge in [0.1, 0.15) is 5.65 Å². The van der Waals surface area contributed by atoms with E-state index >= 15 is 0 Å². The average molecular weight is 471 g/mol. The normalized spacial score (nSPS) is 11.8. The first-order valence-electron chi connectivity index (χ1n) is 12.6. The molecule has 0 amide bonds. The fourth-order valence-corrected chi connectivity index (χ4v) is 5.72. The number of benzene rings is 6. The lowest BCUT2D eigenvalue weighted by molar-refractivity contribution is 1.31. The van der Waals surface area contributed by atoms with Crippen molar-refractivity contribution in [3.8, 4) is 22.3 Å². The number of hydrogen-bond acceptors (Lipinski definition) is 1. The maximum Gasteiger partial charge on any atom is 0.146 e. The van der Waals surface area contributed by atoms with Crippen molar-refractivity contribution in [2.45, 2.75) is 0 Å². The van der Waals surface area contributed by atoms with Gasteiger partial charge in [0.2, 0.25) is 0 Å². The summed E-state index contributed by atoms with van der Waals surface area (Å²) in [5, 5.41) is 6.13. The summed E-state index contributed by atoms with van der Waals surface area (Å²) in [6.45, 7) is 0. The number of aromatic nitrogens is 2. The number of para-hydroxylation sites is 2. The fraction of sp³-hybridized carbons (Fsp3) is 0. The van der Waals surface area contributed by atoms with Crippen LogP contribution in [0, 0.1) is 0 Å². The van der Waals surface area contributed by atoms with E-state index in [1.807, 2.05) is 0 Å². The summed E-state index contributed by atoms with van der Waals surface area (Å²) in [5.74, 6) is 0. The van der Waals surface area contributed by atoms with Gasteiger partial charge < -0.3 is 0 Å². The molecule has 0 N–H and O–H groups in total. The third kappa shape index (κ3) is 3.09. The molecule has 0 radical (unpaired) electrons. The molecule has 2 heteroatoms. The maximum absolute atomic E-state index is 5.12. The second kappa shape index (κ2) is 7.78. The predicted octanol–water partition coefficient (Wildman–Crippen LogP) is 9.28. The maximum atomic E-state index is 5.12. The summed E-state index contributed by atoms with van der Waals surface area (Å²) < 4.78 is 2.33. The summed E-state index contributed by atoms with van der Waals surface area (Å²) in [4.78, 5) is 5.12. The van der Waals surface area contributed by atoms with E-state index in [4.69, 9.17) is 4.98 Å². The van der Waals surface area contributed by atoms with E-state index in [0.29, 0.717) is 0 Å². The molecule has 0 spiro atoms. The molecule has 0 aliphatic carbocycles. The van der Waals surface area contributed by atoms with Crippen LogP contribution in [0.1, 0.15) is 0 Å². The molecule has 2 aromatic heterocycles.